The SMILES string of the molecule is Cc1ccc2nc(COC(=O)c3ccc(C#N)cc3)cn2c1. The molecule has 0 aliphatic rings. The third-order valence-electron chi connectivity index (χ3n) is 3.25. The first-order chi connectivity index (χ1) is 10.7. The molecule has 0 atom stereocenters. The van der Waals surface area contributed by atoms with Gasteiger partial charge in [-0.2, -0.15) is 5.26 Å². The monoisotopic (exact) mass is 291 g/mol. The first-order valence-corrected chi connectivity index (χ1v) is 6.77. The fourth-order valence-corrected chi connectivity index (χ4v) is 2.13. The summed E-state index contributed by atoms with van der Waals surface area (Å²) in [6.45, 7) is 2.11. The Morgan fingerprint density at radius 1 is 1.23 bits per heavy atom. The fourth-order valence-electron chi connectivity index (χ4n) is 2.13. The fraction of sp³-hybridized carbons (Fsp3) is 0.118. The topological polar surface area (TPSA) is 67.4 Å². The van der Waals surface area contributed by atoms with Gasteiger partial charge in [0.2, 0.25) is 0 Å². The number of carbonyl (C=O) groups is 1. The van der Waals surface area contributed by atoms with E-state index in [-0.39, 0.29) is 6.61 Å². The van der Waals surface area contributed by atoms with Gasteiger partial charge in [0, 0.05) is 12.4 Å². The molecule has 3 rings (SSSR count). The van der Waals surface area contributed by atoms with Crippen LogP contribution in [-0.2, 0) is 11.3 Å². The highest BCUT2D eigenvalue weighted by Crippen LogP contribution is 2.10. The smallest absolute Gasteiger partial charge is 0.338 e. The third-order valence-corrected chi connectivity index (χ3v) is 3.25. The first kappa shape index (κ1) is 13.8. The molecule has 3 aromatic rings. The summed E-state index contributed by atoms with van der Waals surface area (Å²) in [5, 5.41) is 8.73. The van der Waals surface area contributed by atoms with Crippen LogP contribution < -0.4 is 0 Å². The van der Waals surface area contributed by atoms with Crippen LogP contribution in [0.15, 0.2) is 48.8 Å². The van der Waals surface area contributed by atoms with Crippen molar-refractivity contribution in [2.24, 2.45) is 0 Å². The van der Waals surface area contributed by atoms with Gasteiger partial charge in [-0.15, -0.1) is 0 Å². The lowest BCUT2D eigenvalue weighted by molar-refractivity contribution is 0.0468. The zero-order valence-electron chi connectivity index (χ0n) is 12.0. The molecule has 0 fully saturated rings. The number of rotatable bonds is 3. The van der Waals surface area contributed by atoms with Crippen LogP contribution in [0.4, 0.5) is 0 Å². The summed E-state index contributed by atoms with van der Waals surface area (Å²) in [7, 11) is 0. The predicted molar refractivity (Wildman–Crippen MR) is 80.2 cm³/mol. The number of pyridine rings is 1. The van der Waals surface area contributed by atoms with E-state index >= 15 is 0 Å². The molecular formula is C17H13N3O2. The van der Waals surface area contributed by atoms with Gasteiger partial charge < -0.3 is 9.14 Å². The van der Waals surface area contributed by atoms with Crippen molar-refractivity contribution in [2.45, 2.75) is 13.5 Å². The highest BCUT2D eigenvalue weighted by atomic mass is 16.5. The molecule has 5 heteroatoms. The molecule has 1 aromatic carbocycles. The van der Waals surface area contributed by atoms with Crippen LogP contribution in [0, 0.1) is 18.3 Å². The number of hydrogen-bond donors (Lipinski definition) is 0. The van der Waals surface area contributed by atoms with Gasteiger partial charge in [-0.3, -0.25) is 0 Å². The summed E-state index contributed by atoms with van der Waals surface area (Å²) in [6, 6.07) is 12.2. The van der Waals surface area contributed by atoms with Crippen molar-refractivity contribution in [1.82, 2.24) is 9.38 Å². The number of fused-ring (bicyclic) bond motifs is 1. The van der Waals surface area contributed by atoms with Crippen molar-refractivity contribution in [3.8, 4) is 6.07 Å². The maximum absolute atomic E-state index is 11.9. The predicted octanol–water partition coefficient (Wildman–Crippen LogP) is 2.87. The van der Waals surface area contributed by atoms with Crippen LogP contribution in [0.3, 0.4) is 0 Å². The molecule has 0 saturated heterocycles. The summed E-state index contributed by atoms with van der Waals surface area (Å²) in [5.41, 5.74) is 3.56. The van der Waals surface area contributed by atoms with Gasteiger partial charge in [-0.05, 0) is 42.8 Å². The molecule has 0 amide bonds. The van der Waals surface area contributed by atoms with Crippen LogP contribution in [0.2, 0.25) is 0 Å². The molecule has 0 N–H and O–H groups in total. The average molecular weight is 291 g/mol. The lowest BCUT2D eigenvalue weighted by Gasteiger charge is -2.02. The largest absolute Gasteiger partial charge is 0.456 e. The van der Waals surface area contributed by atoms with E-state index in [0.29, 0.717) is 16.8 Å². The Morgan fingerprint density at radius 2 is 2.00 bits per heavy atom. The maximum Gasteiger partial charge on any atom is 0.338 e. The summed E-state index contributed by atoms with van der Waals surface area (Å²) < 4.78 is 7.15. The molecule has 0 aliphatic heterocycles. The summed E-state index contributed by atoms with van der Waals surface area (Å²) in [5.74, 6) is -0.433. The molecule has 0 aliphatic carbocycles. The average Bonchev–Trinajstić information content (AvgIpc) is 2.94. The van der Waals surface area contributed by atoms with E-state index in [1.807, 2.05) is 41.9 Å². The van der Waals surface area contributed by atoms with Crippen LogP contribution in [0.1, 0.15) is 27.2 Å². The van der Waals surface area contributed by atoms with E-state index in [0.717, 1.165) is 11.2 Å². The normalized spacial score (nSPS) is 10.4. The third kappa shape index (κ3) is 2.81. The van der Waals surface area contributed by atoms with E-state index in [1.54, 1.807) is 24.3 Å². The molecule has 108 valence electrons. The Morgan fingerprint density at radius 3 is 2.73 bits per heavy atom. The molecule has 0 unspecified atom stereocenters. The minimum Gasteiger partial charge on any atom is -0.456 e. The molecular weight excluding hydrogens is 278 g/mol. The number of esters is 1. The van der Waals surface area contributed by atoms with E-state index < -0.39 is 5.97 Å². The standard InChI is InChI=1S/C17H13N3O2/c1-12-2-7-16-19-15(10-20(16)9-12)11-22-17(21)14-5-3-13(8-18)4-6-14/h2-7,9-10H,11H2,1H3. The van der Waals surface area contributed by atoms with Crippen molar-refractivity contribution < 1.29 is 9.53 Å². The van der Waals surface area contributed by atoms with E-state index in [4.69, 9.17) is 10.00 Å². The van der Waals surface area contributed by atoms with Crippen molar-refractivity contribution in [2.75, 3.05) is 0 Å². The van der Waals surface area contributed by atoms with E-state index in [9.17, 15) is 4.79 Å². The minimum absolute atomic E-state index is 0.111. The second-order valence-corrected chi connectivity index (χ2v) is 4.97. The van der Waals surface area contributed by atoms with Gasteiger partial charge in [0.05, 0.1) is 22.9 Å². The van der Waals surface area contributed by atoms with E-state index in [2.05, 4.69) is 4.98 Å². The number of nitrogens with zero attached hydrogens (tertiary/aromatic N) is 3. The molecule has 2 heterocycles. The zero-order valence-corrected chi connectivity index (χ0v) is 12.0. The Labute approximate surface area is 127 Å². The number of aryl methyl sites for hydroxylation is 1. The van der Waals surface area contributed by atoms with Crippen LogP contribution in [-0.4, -0.2) is 15.4 Å². The Bertz CT molecular complexity index is 873. The van der Waals surface area contributed by atoms with Gasteiger partial charge >= 0.3 is 5.97 Å². The lowest BCUT2D eigenvalue weighted by Crippen LogP contribution is -2.05. The molecule has 0 bridgehead atoms. The Hall–Kier alpha value is -3.13. The lowest BCUT2D eigenvalue weighted by atomic mass is 10.1. The number of benzene rings is 1. The molecule has 0 saturated carbocycles. The molecule has 22 heavy (non-hydrogen) atoms. The summed E-state index contributed by atoms with van der Waals surface area (Å²) in [4.78, 5) is 16.3. The maximum atomic E-state index is 11.9. The second-order valence-electron chi connectivity index (χ2n) is 4.97. The Kier molecular flexibility index (Phi) is 3.58. The second kappa shape index (κ2) is 5.70. The van der Waals surface area contributed by atoms with Crippen molar-refractivity contribution in [1.29, 1.82) is 5.26 Å². The Balaban J connectivity index is 1.70. The highest BCUT2D eigenvalue weighted by Gasteiger charge is 2.09. The summed E-state index contributed by atoms with van der Waals surface area (Å²) in [6.07, 6.45) is 3.81. The quantitative estimate of drug-likeness (QED) is 0.696. The van der Waals surface area contributed by atoms with Gasteiger partial charge in [0.25, 0.3) is 0 Å². The number of nitriles is 1. The molecule has 0 radical (unpaired) electrons. The van der Waals surface area contributed by atoms with E-state index in [1.165, 1.54) is 0 Å². The number of ether oxygens (including phenoxy) is 1. The van der Waals surface area contributed by atoms with Gasteiger partial charge in [0.1, 0.15) is 12.3 Å². The van der Waals surface area contributed by atoms with Crippen molar-refractivity contribution >= 4 is 11.6 Å². The zero-order chi connectivity index (χ0) is 15.5. The number of imidazole rings is 1. The summed E-state index contributed by atoms with van der Waals surface area (Å²) >= 11 is 0. The number of aromatic nitrogens is 2. The van der Waals surface area contributed by atoms with Crippen LogP contribution >= 0.6 is 0 Å². The van der Waals surface area contributed by atoms with Crippen LogP contribution in [0.5, 0.6) is 0 Å². The number of carbonyl (C=O) groups excluding carboxylic acids is 1. The van der Waals surface area contributed by atoms with Crippen molar-refractivity contribution in [3.63, 3.8) is 0 Å². The van der Waals surface area contributed by atoms with Gasteiger partial charge in [0.15, 0.2) is 0 Å². The molecule has 0 spiro atoms. The van der Waals surface area contributed by atoms with Crippen molar-refractivity contribution in [3.05, 3.63) is 71.2 Å². The number of hydrogen-bond acceptors (Lipinski definition) is 4. The first-order valence-electron chi connectivity index (χ1n) is 6.77. The molecule has 5 nitrogen and oxygen atoms in total. The van der Waals surface area contributed by atoms with Gasteiger partial charge in [-0.1, -0.05) is 6.07 Å². The van der Waals surface area contributed by atoms with Crippen LogP contribution in [0.25, 0.3) is 5.65 Å². The molecule has 2 aromatic heterocycles. The minimum atomic E-state index is -0.433. The van der Waals surface area contributed by atoms with Gasteiger partial charge in [-0.25, -0.2) is 9.78 Å². The highest BCUT2D eigenvalue weighted by molar-refractivity contribution is 5.89.